The second kappa shape index (κ2) is 6.67. The molecule has 24 heavy (non-hydrogen) atoms. The molecule has 2 amide bonds. The van der Waals surface area contributed by atoms with Gasteiger partial charge in [0.2, 0.25) is 0 Å². The van der Waals surface area contributed by atoms with Gasteiger partial charge in [-0.25, -0.2) is 0 Å². The third-order valence-corrected chi connectivity index (χ3v) is 4.94. The molecule has 1 fully saturated rings. The van der Waals surface area contributed by atoms with Gasteiger partial charge in [0.05, 0.1) is 12.7 Å². The topological polar surface area (TPSA) is 49.9 Å². The lowest BCUT2D eigenvalue weighted by Gasteiger charge is -2.32. The summed E-state index contributed by atoms with van der Waals surface area (Å²) in [6.07, 6.45) is 2.10. The van der Waals surface area contributed by atoms with Gasteiger partial charge in [-0.05, 0) is 43.4 Å². The number of rotatable bonds is 4. The Hall–Kier alpha value is -2.30. The smallest absolute Gasteiger partial charge is 0.277 e. The largest absolute Gasteiger partial charge is 0.497 e. The van der Waals surface area contributed by atoms with E-state index in [1.165, 1.54) is 4.90 Å². The van der Waals surface area contributed by atoms with Crippen LogP contribution >= 0.6 is 0 Å². The molecular weight excluding hydrogens is 304 g/mol. The molecule has 5 heteroatoms. The van der Waals surface area contributed by atoms with Crippen LogP contribution in [0.15, 0.2) is 30.0 Å². The highest BCUT2D eigenvalue weighted by molar-refractivity contribution is 6.35. The molecule has 0 aromatic heterocycles. The Morgan fingerprint density at radius 3 is 2.25 bits per heavy atom. The molecule has 0 radical (unpaired) electrons. The van der Waals surface area contributed by atoms with E-state index in [9.17, 15) is 9.59 Å². The number of carbonyl (C=O) groups is 2. The fraction of sp³-hybridized carbons (Fsp3) is 0.474. The number of amides is 2. The highest BCUT2D eigenvalue weighted by atomic mass is 16.5. The van der Waals surface area contributed by atoms with Gasteiger partial charge in [0, 0.05) is 19.6 Å². The highest BCUT2D eigenvalue weighted by Crippen LogP contribution is 2.34. The van der Waals surface area contributed by atoms with Crippen LogP contribution in [0.1, 0.15) is 32.3 Å². The lowest BCUT2D eigenvalue weighted by molar-refractivity contribution is -0.137. The predicted octanol–water partition coefficient (Wildman–Crippen LogP) is 2.53. The van der Waals surface area contributed by atoms with Gasteiger partial charge in [-0.1, -0.05) is 19.1 Å². The predicted molar refractivity (Wildman–Crippen MR) is 92.3 cm³/mol. The summed E-state index contributed by atoms with van der Waals surface area (Å²) in [5.74, 6) is 1.04. The standard InChI is InChI=1S/C19H24N2O3/c1-4-21-18(22)16(14-5-7-15(24-3)8-6-14)17(19(21)23)20-11-9-13(2)10-12-20/h5-8,13H,4,9-12H2,1-3H3. The van der Waals surface area contributed by atoms with E-state index in [4.69, 9.17) is 4.74 Å². The van der Waals surface area contributed by atoms with E-state index in [0.717, 1.165) is 37.2 Å². The number of likely N-dealkylation sites (N-methyl/N-ethyl adjacent to an activating group) is 1. The molecule has 3 rings (SSSR count). The van der Waals surface area contributed by atoms with Crippen molar-refractivity contribution >= 4 is 17.4 Å². The summed E-state index contributed by atoms with van der Waals surface area (Å²) in [4.78, 5) is 29.1. The molecule has 0 unspecified atom stereocenters. The third-order valence-electron chi connectivity index (χ3n) is 4.94. The number of ether oxygens (including phenoxy) is 1. The summed E-state index contributed by atoms with van der Waals surface area (Å²) in [5.41, 5.74) is 1.87. The Labute approximate surface area is 142 Å². The molecule has 1 saturated heterocycles. The van der Waals surface area contributed by atoms with Gasteiger partial charge in [0.25, 0.3) is 11.8 Å². The van der Waals surface area contributed by atoms with E-state index < -0.39 is 0 Å². The van der Waals surface area contributed by atoms with Crippen LogP contribution in [-0.2, 0) is 9.59 Å². The molecule has 0 bridgehead atoms. The van der Waals surface area contributed by atoms with Crippen LogP contribution < -0.4 is 4.74 Å². The zero-order valence-corrected chi connectivity index (χ0v) is 14.5. The summed E-state index contributed by atoms with van der Waals surface area (Å²) in [5, 5.41) is 0. The zero-order chi connectivity index (χ0) is 17.3. The number of likely N-dealkylation sites (tertiary alicyclic amines) is 1. The number of hydrogen-bond acceptors (Lipinski definition) is 4. The third kappa shape index (κ3) is 2.79. The highest BCUT2D eigenvalue weighted by Gasteiger charge is 2.41. The summed E-state index contributed by atoms with van der Waals surface area (Å²) in [6, 6.07) is 7.35. The van der Waals surface area contributed by atoms with Crippen LogP contribution in [0.4, 0.5) is 0 Å². The molecule has 2 aliphatic rings. The van der Waals surface area contributed by atoms with Crippen molar-refractivity contribution in [1.82, 2.24) is 9.80 Å². The first-order valence-corrected chi connectivity index (χ1v) is 8.56. The monoisotopic (exact) mass is 328 g/mol. The van der Waals surface area contributed by atoms with E-state index in [1.807, 2.05) is 31.2 Å². The maximum absolute atomic E-state index is 12.8. The quantitative estimate of drug-likeness (QED) is 0.797. The molecule has 0 saturated carbocycles. The fourth-order valence-corrected chi connectivity index (χ4v) is 3.39. The maximum Gasteiger partial charge on any atom is 0.277 e. The van der Waals surface area contributed by atoms with Crippen LogP contribution in [0.2, 0.25) is 0 Å². The molecular formula is C19H24N2O3. The van der Waals surface area contributed by atoms with Gasteiger partial charge < -0.3 is 9.64 Å². The van der Waals surface area contributed by atoms with Crippen molar-refractivity contribution in [2.75, 3.05) is 26.7 Å². The van der Waals surface area contributed by atoms with Gasteiger partial charge >= 0.3 is 0 Å². The average molecular weight is 328 g/mol. The van der Waals surface area contributed by atoms with Crippen molar-refractivity contribution in [3.05, 3.63) is 35.5 Å². The van der Waals surface area contributed by atoms with E-state index in [-0.39, 0.29) is 11.8 Å². The van der Waals surface area contributed by atoms with Crippen molar-refractivity contribution in [2.24, 2.45) is 5.92 Å². The molecule has 1 aromatic carbocycles. The number of imide groups is 1. The molecule has 0 N–H and O–H groups in total. The second-order valence-electron chi connectivity index (χ2n) is 6.48. The molecule has 128 valence electrons. The first-order valence-electron chi connectivity index (χ1n) is 8.56. The maximum atomic E-state index is 12.8. The molecule has 2 aliphatic heterocycles. The van der Waals surface area contributed by atoms with Crippen molar-refractivity contribution in [2.45, 2.75) is 26.7 Å². The van der Waals surface area contributed by atoms with Gasteiger partial charge in [-0.2, -0.15) is 0 Å². The lowest BCUT2D eigenvalue weighted by Crippen LogP contribution is -2.38. The Kier molecular flexibility index (Phi) is 4.60. The van der Waals surface area contributed by atoms with Crippen LogP contribution in [0.25, 0.3) is 5.57 Å². The Balaban J connectivity index is 2.03. The Morgan fingerprint density at radius 2 is 1.71 bits per heavy atom. The van der Waals surface area contributed by atoms with Crippen molar-refractivity contribution < 1.29 is 14.3 Å². The van der Waals surface area contributed by atoms with Crippen molar-refractivity contribution in [3.8, 4) is 5.75 Å². The second-order valence-corrected chi connectivity index (χ2v) is 6.48. The summed E-state index contributed by atoms with van der Waals surface area (Å²) >= 11 is 0. The SMILES string of the molecule is CCN1C(=O)C(c2ccc(OC)cc2)=C(N2CCC(C)CC2)C1=O. The van der Waals surface area contributed by atoms with Gasteiger partial charge in [0.1, 0.15) is 11.4 Å². The van der Waals surface area contributed by atoms with E-state index >= 15 is 0 Å². The molecule has 2 heterocycles. The molecule has 1 aromatic rings. The van der Waals surface area contributed by atoms with E-state index in [0.29, 0.717) is 23.7 Å². The molecule has 0 aliphatic carbocycles. The minimum absolute atomic E-state index is 0.164. The van der Waals surface area contributed by atoms with Gasteiger partial charge in [-0.3, -0.25) is 14.5 Å². The first-order chi connectivity index (χ1) is 11.6. The van der Waals surface area contributed by atoms with E-state index in [1.54, 1.807) is 7.11 Å². The van der Waals surface area contributed by atoms with Gasteiger partial charge in [0.15, 0.2) is 0 Å². The van der Waals surface area contributed by atoms with Crippen molar-refractivity contribution in [1.29, 1.82) is 0 Å². The molecule has 0 spiro atoms. The number of carbonyl (C=O) groups excluding carboxylic acids is 2. The van der Waals surface area contributed by atoms with Crippen LogP contribution in [0.3, 0.4) is 0 Å². The summed E-state index contributed by atoms with van der Waals surface area (Å²) < 4.78 is 5.19. The number of nitrogens with zero attached hydrogens (tertiary/aromatic N) is 2. The fourth-order valence-electron chi connectivity index (χ4n) is 3.39. The molecule has 5 nitrogen and oxygen atoms in total. The first kappa shape index (κ1) is 16.6. The minimum Gasteiger partial charge on any atom is -0.497 e. The van der Waals surface area contributed by atoms with E-state index in [2.05, 4.69) is 11.8 Å². The average Bonchev–Trinajstić information content (AvgIpc) is 2.86. The zero-order valence-electron chi connectivity index (χ0n) is 14.5. The Morgan fingerprint density at radius 1 is 1.08 bits per heavy atom. The number of benzene rings is 1. The van der Waals surface area contributed by atoms with Gasteiger partial charge in [-0.15, -0.1) is 0 Å². The number of hydrogen-bond donors (Lipinski definition) is 0. The minimum atomic E-state index is -0.193. The normalized spacial score (nSPS) is 19.5. The van der Waals surface area contributed by atoms with Crippen LogP contribution in [0.5, 0.6) is 5.75 Å². The summed E-state index contributed by atoms with van der Waals surface area (Å²) in [7, 11) is 1.61. The van der Waals surface area contributed by atoms with Crippen LogP contribution in [-0.4, -0.2) is 48.4 Å². The van der Waals surface area contributed by atoms with Crippen LogP contribution in [0, 0.1) is 5.92 Å². The van der Waals surface area contributed by atoms with Crippen molar-refractivity contribution in [3.63, 3.8) is 0 Å². The number of methoxy groups -OCH3 is 1. The molecule has 0 atom stereocenters. The Bertz CT molecular complexity index is 670. The summed E-state index contributed by atoms with van der Waals surface area (Å²) in [6.45, 7) is 6.11. The number of piperidine rings is 1. The lowest BCUT2D eigenvalue weighted by atomic mass is 9.97.